The fourth-order valence-corrected chi connectivity index (χ4v) is 1.57. The lowest BCUT2D eigenvalue weighted by atomic mass is 10.2. The van der Waals surface area contributed by atoms with Crippen molar-refractivity contribution in [1.82, 2.24) is 10.3 Å². The maximum absolute atomic E-state index is 11.4. The van der Waals surface area contributed by atoms with E-state index in [0.29, 0.717) is 5.69 Å². The number of pyridine rings is 1. The molecule has 0 aliphatic rings. The van der Waals surface area contributed by atoms with Gasteiger partial charge >= 0.3 is 0 Å². The number of unbranched alkanes of at least 4 members (excludes halogenated alkanes) is 2. The second kappa shape index (κ2) is 8.47. The summed E-state index contributed by atoms with van der Waals surface area (Å²) in [6, 6.07) is 3.62. The van der Waals surface area contributed by atoms with Crippen molar-refractivity contribution >= 4 is 11.6 Å². The molecule has 0 saturated heterocycles. The Hall–Kier alpha value is -1.62. The third kappa shape index (κ3) is 5.14. The highest BCUT2D eigenvalue weighted by Crippen LogP contribution is 2.08. The molecule has 0 aromatic carbocycles. The molecule has 100 valence electrons. The minimum absolute atomic E-state index is 0.168. The summed E-state index contributed by atoms with van der Waals surface area (Å²) in [6.07, 6.45) is 4.94. The number of rotatable bonds is 8. The van der Waals surface area contributed by atoms with Gasteiger partial charge in [0.1, 0.15) is 5.69 Å². The molecule has 1 aromatic rings. The van der Waals surface area contributed by atoms with E-state index in [9.17, 15) is 4.79 Å². The van der Waals surface area contributed by atoms with E-state index < -0.39 is 0 Å². The molecule has 0 spiro atoms. The zero-order chi connectivity index (χ0) is 13.2. The van der Waals surface area contributed by atoms with Crippen molar-refractivity contribution in [3.8, 4) is 0 Å². The summed E-state index contributed by atoms with van der Waals surface area (Å²) in [4.78, 5) is 15.4. The summed E-state index contributed by atoms with van der Waals surface area (Å²) >= 11 is 0. The second-order valence-electron chi connectivity index (χ2n) is 3.99. The van der Waals surface area contributed by atoms with Crippen LogP contribution in [0.4, 0.5) is 5.69 Å². The number of anilines is 1. The van der Waals surface area contributed by atoms with Gasteiger partial charge in [-0.3, -0.25) is 9.78 Å². The van der Waals surface area contributed by atoms with E-state index in [1.807, 2.05) is 6.07 Å². The van der Waals surface area contributed by atoms with E-state index in [4.69, 9.17) is 4.74 Å². The van der Waals surface area contributed by atoms with Crippen molar-refractivity contribution in [3.63, 3.8) is 0 Å². The summed E-state index contributed by atoms with van der Waals surface area (Å²) < 4.78 is 4.99. The smallest absolute Gasteiger partial charge is 0.269 e. The monoisotopic (exact) mass is 251 g/mol. The predicted molar refractivity (Wildman–Crippen MR) is 71.8 cm³/mol. The number of hydrogen-bond donors (Lipinski definition) is 2. The largest absolute Gasteiger partial charge is 0.385 e. The molecule has 0 saturated carbocycles. The van der Waals surface area contributed by atoms with Crippen LogP contribution < -0.4 is 10.6 Å². The van der Waals surface area contributed by atoms with Gasteiger partial charge in [0.2, 0.25) is 0 Å². The molecule has 0 bridgehead atoms. The number of methoxy groups -OCH3 is 1. The lowest BCUT2D eigenvalue weighted by Crippen LogP contribution is -2.19. The summed E-state index contributed by atoms with van der Waals surface area (Å²) in [7, 11) is 3.31. The first-order valence-electron chi connectivity index (χ1n) is 6.19. The van der Waals surface area contributed by atoms with Gasteiger partial charge in [0.05, 0.1) is 0 Å². The van der Waals surface area contributed by atoms with Gasteiger partial charge in [-0.05, 0) is 31.4 Å². The molecule has 5 nitrogen and oxygen atoms in total. The van der Waals surface area contributed by atoms with E-state index in [-0.39, 0.29) is 5.91 Å². The number of carbonyl (C=O) groups is 1. The molecule has 0 unspecified atom stereocenters. The van der Waals surface area contributed by atoms with Gasteiger partial charge in [-0.1, -0.05) is 0 Å². The van der Waals surface area contributed by atoms with Gasteiger partial charge in [-0.2, -0.15) is 0 Å². The lowest BCUT2D eigenvalue weighted by Gasteiger charge is -2.07. The highest BCUT2D eigenvalue weighted by atomic mass is 16.5. The van der Waals surface area contributed by atoms with Gasteiger partial charge in [-0.15, -0.1) is 0 Å². The van der Waals surface area contributed by atoms with Crippen LogP contribution in [-0.2, 0) is 4.74 Å². The third-order valence-corrected chi connectivity index (χ3v) is 2.57. The Balaban J connectivity index is 2.32. The number of carbonyl (C=O) groups excluding carboxylic acids is 1. The van der Waals surface area contributed by atoms with E-state index >= 15 is 0 Å². The van der Waals surface area contributed by atoms with Crippen LogP contribution >= 0.6 is 0 Å². The summed E-state index contributed by atoms with van der Waals surface area (Å²) in [5.41, 5.74) is 1.36. The summed E-state index contributed by atoms with van der Waals surface area (Å²) in [5, 5.41) is 5.84. The lowest BCUT2D eigenvalue weighted by molar-refractivity contribution is 0.0958. The Bertz CT molecular complexity index is 369. The first-order chi connectivity index (χ1) is 8.77. The fraction of sp³-hybridized carbons (Fsp3) is 0.538. The predicted octanol–water partition coefficient (Wildman–Crippen LogP) is 1.67. The molecular formula is C13H21N3O2. The number of nitrogens with one attached hydrogen (secondary N) is 2. The topological polar surface area (TPSA) is 63.2 Å². The zero-order valence-corrected chi connectivity index (χ0v) is 11.0. The van der Waals surface area contributed by atoms with Gasteiger partial charge in [0.15, 0.2) is 0 Å². The Morgan fingerprint density at radius 3 is 2.94 bits per heavy atom. The van der Waals surface area contributed by atoms with Crippen molar-refractivity contribution in [1.29, 1.82) is 0 Å². The number of amides is 1. The van der Waals surface area contributed by atoms with Crippen molar-refractivity contribution in [2.45, 2.75) is 19.3 Å². The Morgan fingerprint density at radius 1 is 1.39 bits per heavy atom. The molecule has 0 radical (unpaired) electrons. The Labute approximate surface area is 108 Å². The van der Waals surface area contributed by atoms with Crippen molar-refractivity contribution in [2.24, 2.45) is 0 Å². The van der Waals surface area contributed by atoms with Crippen LogP contribution in [0, 0.1) is 0 Å². The zero-order valence-electron chi connectivity index (χ0n) is 11.0. The summed E-state index contributed by atoms with van der Waals surface area (Å²) in [5.74, 6) is -0.168. The average Bonchev–Trinajstić information content (AvgIpc) is 2.42. The van der Waals surface area contributed by atoms with Crippen LogP contribution in [0.3, 0.4) is 0 Å². The van der Waals surface area contributed by atoms with Crippen LogP contribution in [0.1, 0.15) is 29.8 Å². The molecule has 18 heavy (non-hydrogen) atoms. The average molecular weight is 251 g/mol. The quantitative estimate of drug-likeness (QED) is 0.690. The molecule has 1 rings (SSSR count). The van der Waals surface area contributed by atoms with Gasteiger partial charge in [-0.25, -0.2) is 0 Å². The first-order valence-corrected chi connectivity index (χ1v) is 6.19. The molecule has 0 aliphatic carbocycles. The number of ether oxygens (including phenoxy) is 1. The Kier molecular flexibility index (Phi) is 6.79. The van der Waals surface area contributed by atoms with E-state index in [1.54, 1.807) is 26.4 Å². The molecule has 1 aromatic heterocycles. The molecule has 5 heteroatoms. The minimum Gasteiger partial charge on any atom is -0.385 e. The molecule has 0 aliphatic heterocycles. The van der Waals surface area contributed by atoms with Crippen LogP contribution in [0.5, 0.6) is 0 Å². The highest BCUT2D eigenvalue weighted by molar-refractivity contribution is 5.92. The number of nitrogens with zero attached hydrogens (tertiary/aromatic N) is 1. The minimum atomic E-state index is -0.168. The van der Waals surface area contributed by atoms with Crippen molar-refractivity contribution in [3.05, 3.63) is 24.0 Å². The molecular weight excluding hydrogens is 230 g/mol. The van der Waals surface area contributed by atoms with Gasteiger partial charge in [0, 0.05) is 39.2 Å². The van der Waals surface area contributed by atoms with E-state index in [0.717, 1.165) is 38.1 Å². The van der Waals surface area contributed by atoms with E-state index in [2.05, 4.69) is 15.6 Å². The number of aromatic nitrogens is 1. The molecule has 1 heterocycles. The van der Waals surface area contributed by atoms with Gasteiger partial charge in [0.25, 0.3) is 5.91 Å². The molecule has 0 atom stereocenters. The highest BCUT2D eigenvalue weighted by Gasteiger charge is 2.04. The standard InChI is InChI=1S/C13H21N3O2/c1-14-13(17)12-10-11(6-8-16-12)15-7-4-3-5-9-18-2/h6,8,10H,3-5,7,9H2,1-2H3,(H,14,17)(H,15,16). The first kappa shape index (κ1) is 14.4. The second-order valence-corrected chi connectivity index (χ2v) is 3.99. The maximum Gasteiger partial charge on any atom is 0.269 e. The third-order valence-electron chi connectivity index (χ3n) is 2.57. The van der Waals surface area contributed by atoms with Crippen molar-refractivity contribution in [2.75, 3.05) is 32.6 Å². The normalized spacial score (nSPS) is 10.1. The Morgan fingerprint density at radius 2 is 2.22 bits per heavy atom. The fourth-order valence-electron chi connectivity index (χ4n) is 1.57. The van der Waals surface area contributed by atoms with Crippen molar-refractivity contribution < 1.29 is 9.53 Å². The maximum atomic E-state index is 11.4. The van der Waals surface area contributed by atoms with E-state index in [1.165, 1.54) is 0 Å². The van der Waals surface area contributed by atoms with Crippen LogP contribution in [-0.4, -0.2) is 38.2 Å². The van der Waals surface area contributed by atoms with Crippen LogP contribution in [0.2, 0.25) is 0 Å². The SMILES string of the molecule is CNC(=O)c1cc(NCCCCCOC)ccn1. The van der Waals surface area contributed by atoms with Crippen LogP contribution in [0.15, 0.2) is 18.3 Å². The number of hydrogen-bond acceptors (Lipinski definition) is 4. The van der Waals surface area contributed by atoms with Gasteiger partial charge < -0.3 is 15.4 Å². The molecule has 0 fully saturated rings. The van der Waals surface area contributed by atoms with Crippen LogP contribution in [0.25, 0.3) is 0 Å². The molecule has 2 N–H and O–H groups in total. The molecule has 1 amide bonds. The summed E-state index contributed by atoms with van der Waals surface area (Å²) in [6.45, 7) is 1.71.